The molecule has 0 radical (unpaired) electrons. The number of halogens is 2. The van der Waals surface area contributed by atoms with Gasteiger partial charge in [0.05, 0.1) is 18.0 Å². The monoisotopic (exact) mass is 387 g/mol. The summed E-state index contributed by atoms with van der Waals surface area (Å²) in [6.07, 6.45) is 2.20. The molecule has 8 heteroatoms. The van der Waals surface area contributed by atoms with Crippen molar-refractivity contribution >= 4 is 10.0 Å². The van der Waals surface area contributed by atoms with Crippen molar-refractivity contribution in [2.24, 2.45) is 5.92 Å². The van der Waals surface area contributed by atoms with E-state index >= 15 is 0 Å². The molecule has 144 valence electrons. The van der Waals surface area contributed by atoms with E-state index in [0.717, 1.165) is 12.1 Å². The van der Waals surface area contributed by atoms with Crippen LogP contribution in [0.25, 0.3) is 0 Å². The molecule has 4 rings (SSSR count). The van der Waals surface area contributed by atoms with Crippen molar-refractivity contribution in [3.63, 3.8) is 0 Å². The van der Waals surface area contributed by atoms with Crippen LogP contribution in [0.1, 0.15) is 38.2 Å². The third-order valence-corrected chi connectivity index (χ3v) is 7.91. The number of rotatable bonds is 5. The summed E-state index contributed by atoms with van der Waals surface area (Å²) < 4.78 is 66.6. The largest absolute Gasteiger partial charge is 0.490 e. The highest BCUT2D eigenvalue weighted by Gasteiger charge is 2.50. The predicted molar refractivity (Wildman–Crippen MR) is 91.6 cm³/mol. The van der Waals surface area contributed by atoms with Gasteiger partial charge in [-0.25, -0.2) is 21.9 Å². The lowest BCUT2D eigenvalue weighted by atomic mass is 9.64. The van der Waals surface area contributed by atoms with Crippen molar-refractivity contribution in [1.82, 2.24) is 4.72 Å². The van der Waals surface area contributed by atoms with Gasteiger partial charge in [0, 0.05) is 30.0 Å². The van der Waals surface area contributed by atoms with Gasteiger partial charge in [0.25, 0.3) is 0 Å². The number of benzene rings is 1. The summed E-state index contributed by atoms with van der Waals surface area (Å²) in [6, 6.07) is 2.22. The molecule has 2 fully saturated rings. The predicted octanol–water partition coefficient (Wildman–Crippen LogP) is 2.49. The minimum Gasteiger partial charge on any atom is -0.490 e. The number of sulfonamides is 1. The molecule has 2 aliphatic heterocycles. The van der Waals surface area contributed by atoms with Gasteiger partial charge >= 0.3 is 0 Å². The summed E-state index contributed by atoms with van der Waals surface area (Å²) in [4.78, 5) is 0. The fourth-order valence-corrected chi connectivity index (χ4v) is 5.63. The van der Waals surface area contributed by atoms with Crippen LogP contribution in [0, 0.1) is 17.6 Å². The summed E-state index contributed by atoms with van der Waals surface area (Å²) in [5.41, 5.74) is -0.321. The lowest BCUT2D eigenvalue weighted by Gasteiger charge is -2.49. The lowest BCUT2D eigenvalue weighted by Crippen LogP contribution is -2.52. The molecule has 1 aliphatic carbocycles. The first-order valence-corrected chi connectivity index (χ1v) is 10.6. The maximum Gasteiger partial charge on any atom is 0.214 e. The highest BCUT2D eigenvalue weighted by molar-refractivity contribution is 7.90. The molecule has 2 heterocycles. The SMILES string of the molecule is C[C@@]12CCO[C@@H](CCNS(=O)(=O)C3CC3)C1COc1c(F)ccc(F)c12. The molecule has 1 unspecified atom stereocenters. The van der Waals surface area contributed by atoms with E-state index < -0.39 is 27.1 Å². The van der Waals surface area contributed by atoms with E-state index in [2.05, 4.69) is 4.72 Å². The van der Waals surface area contributed by atoms with Crippen molar-refractivity contribution < 1.29 is 26.7 Å². The molecular formula is C18H23F2NO4S. The average Bonchev–Trinajstić information content (AvgIpc) is 3.42. The van der Waals surface area contributed by atoms with Crippen molar-refractivity contribution in [3.05, 3.63) is 29.3 Å². The van der Waals surface area contributed by atoms with Crippen LogP contribution in [0.3, 0.4) is 0 Å². The first-order chi connectivity index (χ1) is 12.3. The highest BCUT2D eigenvalue weighted by atomic mass is 32.2. The Morgan fingerprint density at radius 3 is 2.73 bits per heavy atom. The second-order valence-electron chi connectivity index (χ2n) is 7.65. The first kappa shape index (κ1) is 18.1. The van der Waals surface area contributed by atoms with Gasteiger partial charge in [-0.2, -0.15) is 0 Å². The van der Waals surface area contributed by atoms with Gasteiger partial charge in [-0.05, 0) is 37.8 Å². The quantitative estimate of drug-likeness (QED) is 0.843. The van der Waals surface area contributed by atoms with E-state index in [1.165, 1.54) is 0 Å². The average molecular weight is 387 g/mol. The highest BCUT2D eigenvalue weighted by Crippen LogP contribution is 2.50. The van der Waals surface area contributed by atoms with Crippen molar-refractivity contribution in [2.45, 2.75) is 49.4 Å². The van der Waals surface area contributed by atoms with Gasteiger partial charge in [0.1, 0.15) is 5.82 Å². The molecule has 3 aliphatic rings. The molecule has 0 bridgehead atoms. The second kappa shape index (κ2) is 6.42. The zero-order valence-electron chi connectivity index (χ0n) is 14.6. The zero-order valence-corrected chi connectivity index (χ0v) is 15.5. The number of ether oxygens (including phenoxy) is 2. The Hall–Kier alpha value is -1.25. The van der Waals surface area contributed by atoms with Crippen LogP contribution in [0.4, 0.5) is 8.78 Å². The third kappa shape index (κ3) is 3.01. The Kier molecular flexibility index (Phi) is 4.48. The van der Waals surface area contributed by atoms with Crippen LogP contribution in [0.15, 0.2) is 12.1 Å². The van der Waals surface area contributed by atoms with E-state index in [1.807, 2.05) is 6.92 Å². The van der Waals surface area contributed by atoms with Gasteiger partial charge in [-0.15, -0.1) is 0 Å². The Bertz CT molecular complexity index is 812. The second-order valence-corrected chi connectivity index (χ2v) is 9.70. The topological polar surface area (TPSA) is 64.6 Å². The lowest BCUT2D eigenvalue weighted by molar-refractivity contribution is -0.0924. The van der Waals surface area contributed by atoms with Crippen LogP contribution in [0.2, 0.25) is 0 Å². The maximum absolute atomic E-state index is 14.5. The molecule has 0 spiro atoms. The third-order valence-electron chi connectivity index (χ3n) is 5.95. The first-order valence-electron chi connectivity index (χ1n) is 9.04. The number of nitrogens with one attached hydrogen (secondary N) is 1. The van der Waals surface area contributed by atoms with Gasteiger partial charge in [-0.1, -0.05) is 6.92 Å². The summed E-state index contributed by atoms with van der Waals surface area (Å²) in [5, 5.41) is -0.262. The Morgan fingerprint density at radius 2 is 2.00 bits per heavy atom. The Balaban J connectivity index is 1.52. The van der Waals surface area contributed by atoms with Gasteiger partial charge in [-0.3, -0.25) is 0 Å². The molecule has 0 amide bonds. The summed E-state index contributed by atoms with van der Waals surface area (Å²) in [6.45, 7) is 2.84. The Morgan fingerprint density at radius 1 is 1.27 bits per heavy atom. The van der Waals surface area contributed by atoms with E-state index in [0.29, 0.717) is 32.3 Å². The molecule has 1 saturated heterocycles. The van der Waals surface area contributed by atoms with E-state index in [9.17, 15) is 17.2 Å². The minimum atomic E-state index is -3.24. The zero-order chi connectivity index (χ0) is 18.5. The van der Waals surface area contributed by atoms with Gasteiger partial charge < -0.3 is 9.47 Å². The van der Waals surface area contributed by atoms with Crippen LogP contribution in [-0.2, 0) is 20.2 Å². The summed E-state index contributed by atoms with van der Waals surface area (Å²) >= 11 is 0. The molecule has 1 N–H and O–H groups in total. The van der Waals surface area contributed by atoms with E-state index in [-0.39, 0.29) is 41.7 Å². The fourth-order valence-electron chi connectivity index (χ4n) is 4.24. The fraction of sp³-hybridized carbons (Fsp3) is 0.667. The Labute approximate surface area is 152 Å². The minimum absolute atomic E-state index is 0.00108. The molecule has 0 aromatic heterocycles. The van der Waals surface area contributed by atoms with Crippen molar-refractivity contribution in [2.75, 3.05) is 19.8 Å². The standard InChI is InChI=1S/C18H23F2NO4S/c1-18-7-9-24-15(6-8-21-26(22,23)11-2-3-11)12(18)10-25-17-14(20)5-4-13(19)16(17)18/h4-5,11-12,15,21H,2-3,6-10H2,1H3/t12?,15-,18+/m0/s1. The van der Waals surface area contributed by atoms with Crippen molar-refractivity contribution in [1.29, 1.82) is 0 Å². The number of hydrogen-bond acceptors (Lipinski definition) is 4. The molecule has 26 heavy (non-hydrogen) atoms. The smallest absolute Gasteiger partial charge is 0.214 e. The maximum atomic E-state index is 14.5. The van der Waals surface area contributed by atoms with Crippen LogP contribution in [-0.4, -0.2) is 39.5 Å². The number of fused-ring (bicyclic) bond motifs is 3. The van der Waals surface area contributed by atoms with E-state index in [1.54, 1.807) is 0 Å². The molecular weight excluding hydrogens is 364 g/mol. The van der Waals surface area contributed by atoms with Crippen LogP contribution >= 0.6 is 0 Å². The normalized spacial score (nSPS) is 31.0. The molecule has 1 aromatic rings. The van der Waals surface area contributed by atoms with Gasteiger partial charge in [0.2, 0.25) is 10.0 Å². The molecule has 5 nitrogen and oxygen atoms in total. The van der Waals surface area contributed by atoms with E-state index in [4.69, 9.17) is 9.47 Å². The summed E-state index contributed by atoms with van der Waals surface area (Å²) in [7, 11) is -3.24. The van der Waals surface area contributed by atoms with Crippen molar-refractivity contribution in [3.8, 4) is 5.75 Å². The summed E-state index contributed by atoms with van der Waals surface area (Å²) in [5.74, 6) is -1.19. The van der Waals surface area contributed by atoms with Gasteiger partial charge in [0.15, 0.2) is 11.6 Å². The van der Waals surface area contributed by atoms with Crippen LogP contribution in [0.5, 0.6) is 5.75 Å². The van der Waals surface area contributed by atoms with Crippen LogP contribution < -0.4 is 9.46 Å². The number of hydrogen-bond donors (Lipinski definition) is 1. The molecule has 3 atom stereocenters. The molecule has 1 aromatic carbocycles. The molecule has 1 saturated carbocycles.